The minimum Gasteiger partial charge on any atom is -0.416 e. The Morgan fingerprint density at radius 1 is 0.923 bits per heavy atom. The number of fused-ring (bicyclic) bond motifs is 1. The largest absolute Gasteiger partial charge is 0.416 e. The molecule has 0 unspecified atom stereocenters. The number of hydrogen-bond acceptors (Lipinski definition) is 3. The Kier molecular flexibility index (Phi) is 6.11. The molecular weight excluding hydrogens is 356 g/mol. The van der Waals surface area contributed by atoms with Crippen LogP contribution in [0.15, 0.2) is 0 Å². The molecule has 2 aliphatic carbocycles. The van der Waals surface area contributed by atoms with Gasteiger partial charge in [0.25, 0.3) is 0 Å². The topological polar surface area (TPSA) is 35.5 Å². The number of hydrogen-bond donors (Lipinski definition) is 0. The third-order valence-electron chi connectivity index (χ3n) is 7.82. The first kappa shape index (κ1) is 22.3. The van der Waals surface area contributed by atoms with Crippen LogP contribution in [0, 0.1) is 17.8 Å². The Balaban J connectivity index is 2.16. The van der Waals surface area contributed by atoms with Crippen LogP contribution in [0.25, 0.3) is 0 Å². The van der Waals surface area contributed by atoms with Gasteiger partial charge in [-0.25, -0.2) is 0 Å². The molecule has 0 N–H and O–H groups in total. The molecule has 0 aromatic heterocycles. The maximum atomic E-state index is 12.0. The fraction of sp³-hybridized carbons (Fsp3) is 0.952. The van der Waals surface area contributed by atoms with Gasteiger partial charge >= 0.3 is 0 Å². The summed E-state index contributed by atoms with van der Waals surface area (Å²) in [6.45, 7) is 23.9. The smallest absolute Gasteiger partial charge is 0.192 e. The molecule has 0 spiro atoms. The molecule has 0 radical (unpaired) electrons. The second-order valence-electron chi connectivity index (χ2n) is 11.8. The van der Waals surface area contributed by atoms with Crippen LogP contribution >= 0.6 is 0 Å². The predicted molar refractivity (Wildman–Crippen MR) is 115 cm³/mol. The van der Waals surface area contributed by atoms with E-state index in [2.05, 4.69) is 67.7 Å². The Morgan fingerprint density at radius 2 is 1.46 bits per heavy atom. The minimum atomic E-state index is -1.82. The number of rotatable bonds is 5. The lowest BCUT2D eigenvalue weighted by molar-refractivity contribution is -0.118. The zero-order valence-corrected chi connectivity index (χ0v) is 20.9. The van der Waals surface area contributed by atoms with Gasteiger partial charge in [0.15, 0.2) is 16.6 Å². The third-order valence-corrected chi connectivity index (χ3v) is 16.8. The highest BCUT2D eigenvalue weighted by Crippen LogP contribution is 2.50. The van der Waals surface area contributed by atoms with E-state index in [1.165, 1.54) is 0 Å². The van der Waals surface area contributed by atoms with Gasteiger partial charge in [-0.05, 0) is 54.5 Å². The molecule has 0 amide bonds. The molecule has 152 valence electrons. The van der Waals surface area contributed by atoms with Crippen molar-refractivity contribution in [1.29, 1.82) is 0 Å². The number of carbonyl (C=O) groups excluding carboxylic acids is 1. The molecule has 0 aromatic rings. The zero-order chi connectivity index (χ0) is 20.1. The van der Waals surface area contributed by atoms with Crippen LogP contribution in [0.4, 0.5) is 0 Å². The van der Waals surface area contributed by atoms with Gasteiger partial charge < -0.3 is 8.85 Å². The van der Waals surface area contributed by atoms with E-state index in [0.717, 1.165) is 25.9 Å². The molecule has 2 rings (SSSR count). The lowest BCUT2D eigenvalue weighted by atomic mass is 9.92. The van der Waals surface area contributed by atoms with Crippen LogP contribution in [0.5, 0.6) is 0 Å². The monoisotopic (exact) mass is 398 g/mol. The van der Waals surface area contributed by atoms with Crippen molar-refractivity contribution in [3.05, 3.63) is 0 Å². The molecule has 5 heteroatoms. The number of Topliss-reactive ketones (excluding diaryl/α,β-unsaturated/α-hetero) is 1. The zero-order valence-electron chi connectivity index (χ0n) is 18.9. The molecule has 0 aliphatic heterocycles. The highest BCUT2D eigenvalue weighted by Gasteiger charge is 2.52. The van der Waals surface area contributed by atoms with Crippen molar-refractivity contribution in [3.8, 4) is 0 Å². The van der Waals surface area contributed by atoms with E-state index < -0.39 is 16.6 Å². The van der Waals surface area contributed by atoms with Gasteiger partial charge in [0, 0.05) is 25.4 Å². The fourth-order valence-corrected chi connectivity index (χ4v) is 6.33. The van der Waals surface area contributed by atoms with Crippen molar-refractivity contribution in [2.75, 3.05) is 6.61 Å². The predicted octanol–water partition coefficient (Wildman–Crippen LogP) is 6.01. The maximum absolute atomic E-state index is 12.0. The van der Waals surface area contributed by atoms with Crippen molar-refractivity contribution in [2.45, 2.75) is 103 Å². The number of ketones is 1. The van der Waals surface area contributed by atoms with Crippen molar-refractivity contribution >= 4 is 22.4 Å². The fourth-order valence-electron chi connectivity index (χ4n) is 3.91. The van der Waals surface area contributed by atoms with E-state index in [4.69, 9.17) is 8.85 Å². The van der Waals surface area contributed by atoms with Crippen molar-refractivity contribution in [2.24, 2.45) is 17.8 Å². The van der Waals surface area contributed by atoms with E-state index in [1.54, 1.807) is 0 Å². The van der Waals surface area contributed by atoms with E-state index in [0.29, 0.717) is 23.5 Å². The maximum Gasteiger partial charge on any atom is 0.192 e. The van der Waals surface area contributed by atoms with Crippen molar-refractivity contribution in [1.82, 2.24) is 0 Å². The molecule has 2 aliphatic rings. The van der Waals surface area contributed by atoms with Gasteiger partial charge in [-0.3, -0.25) is 4.79 Å². The highest BCUT2D eigenvalue weighted by molar-refractivity contribution is 6.74. The summed E-state index contributed by atoms with van der Waals surface area (Å²) in [5, 5.41) is 0.428. The Hall–Kier alpha value is 0.0238. The van der Waals surface area contributed by atoms with Crippen LogP contribution in [-0.4, -0.2) is 35.1 Å². The molecule has 2 saturated carbocycles. The lowest BCUT2D eigenvalue weighted by Gasteiger charge is -2.42. The van der Waals surface area contributed by atoms with Crippen molar-refractivity contribution in [3.63, 3.8) is 0 Å². The SMILES string of the molecule is CC(C)(C)[Si](C)(C)OC[C@H]1[C@H]2CC(=O)C[C@H]2C[C@H]1O[Si](C)(C)C(C)(C)C. The van der Waals surface area contributed by atoms with E-state index in [-0.39, 0.29) is 16.2 Å². The standard InChI is InChI=1S/C21H42O3Si2/c1-20(2,3)25(7,8)23-14-18-17-13-16(22)11-15(17)12-19(18)24-26(9,10)21(4,5)6/h15,17-19H,11-14H2,1-10H3/t15-,17-,18-,19+/m0/s1. The summed E-state index contributed by atoms with van der Waals surface area (Å²) in [7, 11) is -3.60. The average molecular weight is 399 g/mol. The third kappa shape index (κ3) is 4.53. The number of carbonyl (C=O) groups is 1. The van der Waals surface area contributed by atoms with Gasteiger partial charge in [0.1, 0.15) is 5.78 Å². The molecular formula is C21H42O3Si2. The summed E-state index contributed by atoms with van der Waals surface area (Å²) >= 11 is 0. The Morgan fingerprint density at radius 3 is 1.96 bits per heavy atom. The molecule has 0 aromatic carbocycles. The summed E-state index contributed by atoms with van der Waals surface area (Å²) in [6, 6.07) is 0. The molecule has 0 heterocycles. The lowest BCUT2D eigenvalue weighted by Crippen LogP contribution is -2.47. The van der Waals surface area contributed by atoms with Crippen LogP contribution < -0.4 is 0 Å². The first-order valence-electron chi connectivity index (χ1n) is 10.4. The molecule has 3 nitrogen and oxygen atoms in total. The van der Waals surface area contributed by atoms with Crippen molar-refractivity contribution < 1.29 is 13.6 Å². The van der Waals surface area contributed by atoms with E-state index in [9.17, 15) is 4.79 Å². The Bertz CT molecular complexity index is 528. The first-order chi connectivity index (χ1) is 11.6. The Labute approximate surface area is 163 Å². The van der Waals surface area contributed by atoms with E-state index >= 15 is 0 Å². The van der Waals surface area contributed by atoms with E-state index in [1.807, 2.05) is 0 Å². The quantitative estimate of drug-likeness (QED) is 0.532. The summed E-state index contributed by atoms with van der Waals surface area (Å²) in [4.78, 5) is 12.0. The molecule has 0 bridgehead atoms. The molecule has 4 atom stereocenters. The van der Waals surface area contributed by atoms with Crippen LogP contribution in [0.2, 0.25) is 36.3 Å². The second-order valence-corrected chi connectivity index (χ2v) is 21.3. The van der Waals surface area contributed by atoms with Crippen LogP contribution in [-0.2, 0) is 13.6 Å². The minimum absolute atomic E-state index is 0.214. The molecule has 26 heavy (non-hydrogen) atoms. The van der Waals surface area contributed by atoms with Crippen LogP contribution in [0.1, 0.15) is 60.8 Å². The summed E-state index contributed by atoms with van der Waals surface area (Å²) in [5.74, 6) is 1.82. The summed E-state index contributed by atoms with van der Waals surface area (Å²) in [5.41, 5.74) is 0. The van der Waals surface area contributed by atoms with Crippen LogP contribution in [0.3, 0.4) is 0 Å². The summed E-state index contributed by atoms with van der Waals surface area (Å²) in [6.07, 6.45) is 2.82. The average Bonchev–Trinajstić information content (AvgIpc) is 2.89. The molecule has 2 fully saturated rings. The molecule has 0 saturated heterocycles. The van der Waals surface area contributed by atoms with Gasteiger partial charge in [-0.1, -0.05) is 41.5 Å². The normalized spacial score (nSPS) is 30.8. The first-order valence-corrected chi connectivity index (χ1v) is 16.2. The second kappa shape index (κ2) is 7.12. The van der Waals surface area contributed by atoms with Gasteiger partial charge in [0.2, 0.25) is 0 Å². The highest BCUT2D eigenvalue weighted by atomic mass is 28.4. The van der Waals surface area contributed by atoms with Gasteiger partial charge in [0.05, 0.1) is 6.10 Å². The summed E-state index contributed by atoms with van der Waals surface area (Å²) < 4.78 is 13.5. The van der Waals surface area contributed by atoms with Gasteiger partial charge in [-0.2, -0.15) is 0 Å². The van der Waals surface area contributed by atoms with Gasteiger partial charge in [-0.15, -0.1) is 0 Å².